The lowest BCUT2D eigenvalue weighted by molar-refractivity contribution is 0.00470. The minimum Gasteiger partial charge on any atom is -0.481 e. The van der Waals surface area contributed by atoms with Gasteiger partial charge >= 0.3 is 7.82 Å². The third-order valence-corrected chi connectivity index (χ3v) is 5.02. The minimum atomic E-state index is -4.69. The van der Waals surface area contributed by atoms with Gasteiger partial charge in [0.2, 0.25) is 0 Å². The molecule has 0 aliphatic rings. The molecule has 2 rings (SSSR count). The maximum Gasteiger partial charge on any atom is 0.471 e. The predicted octanol–water partition coefficient (Wildman–Crippen LogP) is 3.92. The zero-order chi connectivity index (χ0) is 18.5. The molecule has 0 spiro atoms. The Kier molecular flexibility index (Phi) is 6.79. The van der Waals surface area contributed by atoms with Crippen LogP contribution in [-0.4, -0.2) is 16.0 Å². The maximum atomic E-state index is 11.1. The highest BCUT2D eigenvalue weighted by molar-refractivity contribution is 9.10. The van der Waals surface area contributed by atoms with E-state index in [0.717, 1.165) is 10.0 Å². The first kappa shape index (κ1) is 20.1. The Morgan fingerprint density at radius 1 is 1.16 bits per heavy atom. The van der Waals surface area contributed by atoms with Crippen LogP contribution in [0.2, 0.25) is 0 Å². The summed E-state index contributed by atoms with van der Waals surface area (Å²) in [5, 5.41) is 0. The van der Waals surface area contributed by atoms with Crippen molar-refractivity contribution >= 4 is 23.8 Å². The van der Waals surface area contributed by atoms with Crippen molar-refractivity contribution in [3.05, 3.63) is 64.6 Å². The monoisotopic (exact) mass is 429 g/mol. The number of benzene rings is 2. The third kappa shape index (κ3) is 5.64. The topological polar surface area (TPSA) is 102 Å². The molecule has 0 amide bonds. The van der Waals surface area contributed by atoms with Gasteiger partial charge in [-0.3, -0.25) is 4.52 Å². The predicted molar refractivity (Wildman–Crippen MR) is 98.9 cm³/mol. The Bertz CT molecular complexity index is 739. The molecule has 4 N–H and O–H groups in total. The second-order valence-corrected chi connectivity index (χ2v) is 7.63. The lowest BCUT2D eigenvalue weighted by atomic mass is 9.87. The van der Waals surface area contributed by atoms with Gasteiger partial charge in [-0.1, -0.05) is 49.4 Å². The van der Waals surface area contributed by atoms with Gasteiger partial charge in [0.25, 0.3) is 0 Å². The molecule has 136 valence electrons. The smallest absolute Gasteiger partial charge is 0.471 e. The van der Waals surface area contributed by atoms with Crippen LogP contribution in [0.3, 0.4) is 0 Å². The number of rotatable bonds is 8. The van der Waals surface area contributed by atoms with E-state index in [-0.39, 0.29) is 6.42 Å². The Hall–Kier alpha value is -1.21. The van der Waals surface area contributed by atoms with Crippen LogP contribution >= 0.6 is 23.8 Å². The van der Waals surface area contributed by atoms with Crippen LogP contribution in [0.25, 0.3) is 0 Å². The molecule has 2 atom stereocenters. The highest BCUT2D eigenvalue weighted by Gasteiger charge is 2.37. The van der Waals surface area contributed by atoms with Gasteiger partial charge in [-0.15, -0.1) is 0 Å². The summed E-state index contributed by atoms with van der Waals surface area (Å²) in [5.74, 6) is 0.608. The van der Waals surface area contributed by atoms with Crippen LogP contribution < -0.4 is 10.5 Å². The summed E-state index contributed by atoms with van der Waals surface area (Å²) < 4.78 is 22.8. The van der Waals surface area contributed by atoms with Crippen molar-refractivity contribution in [2.24, 2.45) is 5.73 Å². The fourth-order valence-corrected chi connectivity index (χ4v) is 3.45. The van der Waals surface area contributed by atoms with Crippen LogP contribution in [0.5, 0.6) is 5.75 Å². The fourth-order valence-electron chi connectivity index (χ4n) is 2.66. The lowest BCUT2D eigenvalue weighted by Gasteiger charge is -2.36. The summed E-state index contributed by atoms with van der Waals surface area (Å²) in [7, 11) is -4.69. The Labute approximate surface area is 155 Å². The van der Waals surface area contributed by atoms with Crippen molar-refractivity contribution in [1.82, 2.24) is 0 Å². The van der Waals surface area contributed by atoms with Gasteiger partial charge < -0.3 is 20.3 Å². The molecular formula is C17H21BrNO5P. The number of phosphoric ester groups is 1. The highest BCUT2D eigenvalue weighted by atomic mass is 79.9. The van der Waals surface area contributed by atoms with Gasteiger partial charge in [-0.2, -0.15) is 0 Å². The molecule has 0 saturated heterocycles. The Morgan fingerprint density at radius 2 is 1.76 bits per heavy atom. The number of phosphoric acid groups is 1. The van der Waals surface area contributed by atoms with Gasteiger partial charge in [-0.25, -0.2) is 4.57 Å². The number of halogens is 1. The lowest BCUT2D eigenvalue weighted by Crippen LogP contribution is -2.40. The first-order valence-electron chi connectivity index (χ1n) is 7.74. The van der Waals surface area contributed by atoms with Crippen molar-refractivity contribution in [2.75, 3.05) is 0 Å². The summed E-state index contributed by atoms with van der Waals surface area (Å²) in [6.07, 6.45) is -0.597. The van der Waals surface area contributed by atoms with Crippen molar-refractivity contribution in [2.45, 2.75) is 31.6 Å². The number of para-hydroxylation sites is 1. The maximum absolute atomic E-state index is 11.1. The minimum absolute atomic E-state index is 0.0694. The van der Waals surface area contributed by atoms with Gasteiger partial charge in [0.15, 0.2) is 0 Å². The van der Waals surface area contributed by atoms with Gasteiger partial charge in [0.05, 0.1) is 4.47 Å². The van der Waals surface area contributed by atoms with E-state index in [4.69, 9.17) is 20.3 Å². The average molecular weight is 430 g/mol. The van der Waals surface area contributed by atoms with Crippen molar-refractivity contribution in [3.63, 3.8) is 0 Å². The summed E-state index contributed by atoms with van der Waals surface area (Å²) in [5.41, 5.74) is 5.79. The van der Waals surface area contributed by atoms with E-state index in [0.29, 0.717) is 12.2 Å². The molecule has 0 aliphatic carbocycles. The molecular weight excluding hydrogens is 409 g/mol. The van der Waals surface area contributed by atoms with E-state index in [1.54, 1.807) is 0 Å². The molecule has 0 aromatic heterocycles. The third-order valence-electron chi connectivity index (χ3n) is 3.82. The highest BCUT2D eigenvalue weighted by Crippen LogP contribution is 2.42. The summed E-state index contributed by atoms with van der Waals surface area (Å²) >= 11 is 3.45. The number of nitrogens with two attached hydrogens (primary N) is 1. The molecule has 2 aromatic carbocycles. The largest absolute Gasteiger partial charge is 0.481 e. The number of hydrogen-bond donors (Lipinski definition) is 3. The van der Waals surface area contributed by atoms with E-state index in [1.807, 2.05) is 61.5 Å². The normalized spacial score (nSPS) is 15.4. The van der Waals surface area contributed by atoms with E-state index in [2.05, 4.69) is 20.5 Å². The van der Waals surface area contributed by atoms with Crippen LogP contribution in [0.4, 0.5) is 0 Å². The first-order chi connectivity index (χ1) is 11.8. The zero-order valence-corrected chi connectivity index (χ0v) is 16.2. The van der Waals surface area contributed by atoms with Crippen LogP contribution in [-0.2, 0) is 14.7 Å². The Balaban J connectivity index is 2.40. The molecule has 0 saturated carbocycles. The molecule has 0 bridgehead atoms. The van der Waals surface area contributed by atoms with Crippen molar-refractivity contribution in [3.8, 4) is 5.75 Å². The SMILES string of the molecule is CCC(CC(N)OP(=O)(O)O)(Oc1ccccc1Br)c1ccccc1. The summed E-state index contributed by atoms with van der Waals surface area (Å²) in [6.45, 7) is 1.92. The molecule has 6 nitrogen and oxygen atoms in total. The van der Waals surface area contributed by atoms with Crippen molar-refractivity contribution in [1.29, 1.82) is 0 Å². The van der Waals surface area contributed by atoms with E-state index in [9.17, 15) is 4.57 Å². The van der Waals surface area contributed by atoms with Gasteiger partial charge in [-0.05, 0) is 40.0 Å². The van der Waals surface area contributed by atoms with Gasteiger partial charge in [0, 0.05) is 6.42 Å². The molecule has 8 heteroatoms. The molecule has 25 heavy (non-hydrogen) atoms. The molecule has 0 aliphatic heterocycles. The molecule has 0 heterocycles. The Morgan fingerprint density at radius 3 is 2.32 bits per heavy atom. The van der Waals surface area contributed by atoms with E-state index < -0.39 is 19.7 Å². The molecule has 0 fully saturated rings. The van der Waals surface area contributed by atoms with Gasteiger partial charge in [0.1, 0.15) is 17.6 Å². The van der Waals surface area contributed by atoms with Crippen LogP contribution in [0.15, 0.2) is 59.1 Å². The second-order valence-electron chi connectivity index (χ2n) is 5.58. The summed E-state index contributed by atoms with van der Waals surface area (Å²) in [6, 6.07) is 16.8. The zero-order valence-electron chi connectivity index (χ0n) is 13.7. The fraction of sp³-hybridized carbons (Fsp3) is 0.294. The van der Waals surface area contributed by atoms with Crippen LogP contribution in [0, 0.1) is 0 Å². The summed E-state index contributed by atoms with van der Waals surface area (Å²) in [4.78, 5) is 18.0. The number of ether oxygens (including phenoxy) is 1. The quantitative estimate of drug-likeness (QED) is 0.434. The average Bonchev–Trinajstić information content (AvgIpc) is 2.55. The number of hydrogen-bond acceptors (Lipinski definition) is 4. The molecule has 0 radical (unpaired) electrons. The van der Waals surface area contributed by atoms with Crippen LogP contribution in [0.1, 0.15) is 25.3 Å². The standard InChI is InChI=1S/C17H21BrNO5P/c1-2-17(13-8-4-3-5-9-13,12-16(19)24-25(20,21)22)23-15-11-7-6-10-14(15)18/h3-11,16H,2,12,19H2,1H3,(H2,20,21,22). The van der Waals surface area contributed by atoms with E-state index in [1.165, 1.54) is 0 Å². The second kappa shape index (κ2) is 8.45. The van der Waals surface area contributed by atoms with Crippen molar-refractivity contribution < 1.29 is 23.6 Å². The molecule has 2 aromatic rings. The first-order valence-corrected chi connectivity index (χ1v) is 10.1. The van der Waals surface area contributed by atoms with E-state index >= 15 is 0 Å². The molecule has 2 unspecified atom stereocenters.